The van der Waals surface area contributed by atoms with Gasteiger partial charge in [0, 0.05) is 11.6 Å². The zero-order chi connectivity index (χ0) is 12.7. The highest BCUT2D eigenvalue weighted by molar-refractivity contribution is 6.02. The van der Waals surface area contributed by atoms with Crippen molar-refractivity contribution in [2.75, 3.05) is 5.32 Å². The van der Waals surface area contributed by atoms with Gasteiger partial charge in [-0.25, -0.2) is 0 Å². The molecule has 2 heteroatoms. The molecule has 0 amide bonds. The Balaban J connectivity index is 1.68. The van der Waals surface area contributed by atoms with E-state index >= 15 is 0 Å². The molecule has 94 valence electrons. The third-order valence-corrected chi connectivity index (χ3v) is 4.16. The lowest BCUT2D eigenvalue weighted by molar-refractivity contribution is 0.832. The van der Waals surface area contributed by atoms with E-state index in [1.807, 2.05) is 0 Å². The van der Waals surface area contributed by atoms with Gasteiger partial charge in [-0.3, -0.25) is 4.99 Å². The first-order valence-corrected chi connectivity index (χ1v) is 6.89. The van der Waals surface area contributed by atoms with Gasteiger partial charge in [0.15, 0.2) is 0 Å². The minimum atomic E-state index is 0.449. The maximum absolute atomic E-state index is 4.76. The number of nitrogens with one attached hydrogen (secondary N) is 1. The fraction of sp³-hybridized carbons (Fsp3) is 0.235. The Morgan fingerprint density at radius 1 is 0.947 bits per heavy atom. The molecular formula is C17H16N2. The van der Waals surface area contributed by atoms with Gasteiger partial charge in [-0.1, -0.05) is 42.5 Å². The minimum absolute atomic E-state index is 0.449. The van der Waals surface area contributed by atoms with Gasteiger partial charge in [0.25, 0.3) is 0 Å². The first-order valence-electron chi connectivity index (χ1n) is 6.89. The standard InChI is InChI=1S/C17H16N2/c1-3-7-14-12(5-1)9-10-15(14)17-18-11-13-6-2-4-8-16(13)19-17/h1-8,15H,9-11H2,(H,18,19). The van der Waals surface area contributed by atoms with Crippen LogP contribution in [0.1, 0.15) is 29.0 Å². The summed E-state index contributed by atoms with van der Waals surface area (Å²) in [6, 6.07) is 17.2. The highest BCUT2D eigenvalue weighted by atomic mass is 15.0. The number of benzene rings is 2. The highest BCUT2D eigenvalue weighted by Gasteiger charge is 2.28. The molecule has 0 spiro atoms. The second-order valence-corrected chi connectivity index (χ2v) is 5.27. The largest absolute Gasteiger partial charge is 0.343 e. The molecule has 2 aliphatic rings. The first-order chi connectivity index (χ1) is 9.42. The Hall–Kier alpha value is -2.09. The number of nitrogens with zero attached hydrogens (tertiary/aromatic N) is 1. The molecule has 2 aromatic rings. The van der Waals surface area contributed by atoms with Crippen molar-refractivity contribution >= 4 is 11.5 Å². The number of anilines is 1. The molecule has 1 atom stereocenters. The highest BCUT2D eigenvalue weighted by Crippen LogP contribution is 2.35. The van der Waals surface area contributed by atoms with E-state index in [4.69, 9.17) is 4.99 Å². The number of fused-ring (bicyclic) bond motifs is 2. The molecule has 0 saturated carbocycles. The summed E-state index contributed by atoms with van der Waals surface area (Å²) in [5.41, 5.74) is 5.44. The van der Waals surface area contributed by atoms with Crippen molar-refractivity contribution in [2.24, 2.45) is 4.99 Å². The summed E-state index contributed by atoms with van der Waals surface area (Å²) in [7, 11) is 0. The van der Waals surface area contributed by atoms with Crippen LogP contribution in [0.4, 0.5) is 5.69 Å². The van der Waals surface area contributed by atoms with Gasteiger partial charge >= 0.3 is 0 Å². The molecule has 1 aliphatic carbocycles. The predicted molar refractivity (Wildman–Crippen MR) is 78.7 cm³/mol. The number of hydrogen-bond donors (Lipinski definition) is 1. The zero-order valence-electron chi connectivity index (χ0n) is 10.8. The van der Waals surface area contributed by atoms with Crippen molar-refractivity contribution in [2.45, 2.75) is 25.3 Å². The predicted octanol–water partition coefficient (Wildman–Crippen LogP) is 3.74. The molecule has 1 N–H and O–H groups in total. The molecule has 0 aromatic heterocycles. The van der Waals surface area contributed by atoms with Crippen LogP contribution in [0.5, 0.6) is 0 Å². The molecule has 4 rings (SSSR count). The lowest BCUT2D eigenvalue weighted by atomic mass is 9.98. The van der Waals surface area contributed by atoms with Crippen molar-refractivity contribution in [3.05, 3.63) is 65.2 Å². The molecule has 0 fully saturated rings. The second kappa shape index (κ2) is 4.23. The maximum Gasteiger partial charge on any atom is 0.109 e. The molecule has 2 nitrogen and oxygen atoms in total. The van der Waals surface area contributed by atoms with E-state index in [1.54, 1.807) is 0 Å². The molecule has 1 aliphatic heterocycles. The van der Waals surface area contributed by atoms with Crippen molar-refractivity contribution in [1.29, 1.82) is 0 Å². The van der Waals surface area contributed by atoms with Gasteiger partial charge in [0.2, 0.25) is 0 Å². The molecule has 19 heavy (non-hydrogen) atoms. The van der Waals surface area contributed by atoms with Crippen LogP contribution in [0.3, 0.4) is 0 Å². The number of amidine groups is 1. The average Bonchev–Trinajstić information content (AvgIpc) is 2.91. The first kappa shape index (κ1) is 10.8. The third kappa shape index (κ3) is 1.75. The lowest BCUT2D eigenvalue weighted by Crippen LogP contribution is -2.23. The lowest BCUT2D eigenvalue weighted by Gasteiger charge is -2.23. The number of para-hydroxylation sites is 1. The Morgan fingerprint density at radius 2 is 1.74 bits per heavy atom. The Morgan fingerprint density at radius 3 is 2.68 bits per heavy atom. The minimum Gasteiger partial charge on any atom is -0.343 e. The molecule has 0 radical (unpaired) electrons. The summed E-state index contributed by atoms with van der Waals surface area (Å²) in [6.45, 7) is 0.803. The fourth-order valence-corrected chi connectivity index (χ4v) is 3.17. The summed E-state index contributed by atoms with van der Waals surface area (Å²) in [5.74, 6) is 1.59. The Bertz CT molecular complexity index is 658. The van der Waals surface area contributed by atoms with Gasteiger partial charge in [-0.2, -0.15) is 0 Å². The van der Waals surface area contributed by atoms with Crippen LogP contribution in [-0.2, 0) is 13.0 Å². The van der Waals surface area contributed by atoms with Gasteiger partial charge in [-0.05, 0) is 35.6 Å². The third-order valence-electron chi connectivity index (χ3n) is 4.16. The van der Waals surface area contributed by atoms with E-state index in [-0.39, 0.29) is 0 Å². The van der Waals surface area contributed by atoms with E-state index in [2.05, 4.69) is 53.8 Å². The number of aliphatic imine (C=N–C) groups is 1. The van der Waals surface area contributed by atoms with E-state index in [0.717, 1.165) is 12.4 Å². The number of aryl methyl sites for hydroxylation is 1. The summed E-state index contributed by atoms with van der Waals surface area (Å²) in [4.78, 5) is 4.76. The summed E-state index contributed by atoms with van der Waals surface area (Å²) < 4.78 is 0. The van der Waals surface area contributed by atoms with Crippen molar-refractivity contribution in [1.82, 2.24) is 0 Å². The quantitative estimate of drug-likeness (QED) is 0.816. The molecule has 1 unspecified atom stereocenters. The topological polar surface area (TPSA) is 24.4 Å². The van der Waals surface area contributed by atoms with Crippen LogP contribution in [-0.4, -0.2) is 5.84 Å². The molecule has 0 bridgehead atoms. The van der Waals surface area contributed by atoms with E-state index < -0.39 is 0 Å². The van der Waals surface area contributed by atoms with Crippen LogP contribution in [0.25, 0.3) is 0 Å². The smallest absolute Gasteiger partial charge is 0.109 e. The van der Waals surface area contributed by atoms with Crippen molar-refractivity contribution in [3.8, 4) is 0 Å². The van der Waals surface area contributed by atoms with Crippen LogP contribution in [0, 0.1) is 0 Å². The SMILES string of the molecule is c1ccc2c(c1)CN=C(C1CCc3ccccc31)N2. The van der Waals surface area contributed by atoms with E-state index in [1.165, 1.54) is 35.2 Å². The maximum atomic E-state index is 4.76. The Labute approximate surface area is 113 Å². The number of hydrogen-bond acceptors (Lipinski definition) is 2. The van der Waals surface area contributed by atoms with Gasteiger partial charge < -0.3 is 5.32 Å². The monoisotopic (exact) mass is 248 g/mol. The molecular weight excluding hydrogens is 232 g/mol. The van der Waals surface area contributed by atoms with Crippen LogP contribution < -0.4 is 5.32 Å². The summed E-state index contributed by atoms with van der Waals surface area (Å²) in [6.07, 6.45) is 2.34. The summed E-state index contributed by atoms with van der Waals surface area (Å²) >= 11 is 0. The normalized spacial score (nSPS) is 20.2. The van der Waals surface area contributed by atoms with Gasteiger partial charge in [0.1, 0.15) is 5.84 Å². The van der Waals surface area contributed by atoms with Crippen molar-refractivity contribution < 1.29 is 0 Å². The zero-order valence-corrected chi connectivity index (χ0v) is 10.8. The molecule has 2 aromatic carbocycles. The van der Waals surface area contributed by atoms with Crippen LogP contribution >= 0.6 is 0 Å². The Kier molecular flexibility index (Phi) is 2.41. The molecule has 0 saturated heterocycles. The summed E-state index contributed by atoms with van der Waals surface area (Å²) in [5, 5.41) is 3.53. The van der Waals surface area contributed by atoms with Crippen LogP contribution in [0.2, 0.25) is 0 Å². The van der Waals surface area contributed by atoms with E-state index in [0.29, 0.717) is 5.92 Å². The van der Waals surface area contributed by atoms with Crippen LogP contribution in [0.15, 0.2) is 53.5 Å². The van der Waals surface area contributed by atoms with Gasteiger partial charge in [-0.15, -0.1) is 0 Å². The van der Waals surface area contributed by atoms with E-state index in [9.17, 15) is 0 Å². The molecule has 1 heterocycles. The number of rotatable bonds is 1. The van der Waals surface area contributed by atoms with Crippen molar-refractivity contribution in [3.63, 3.8) is 0 Å². The second-order valence-electron chi connectivity index (χ2n) is 5.27. The van der Waals surface area contributed by atoms with Gasteiger partial charge in [0.05, 0.1) is 6.54 Å². The fourth-order valence-electron chi connectivity index (χ4n) is 3.17. The average molecular weight is 248 g/mol.